The van der Waals surface area contributed by atoms with E-state index in [1.165, 1.54) is 130 Å². The molecule has 0 saturated heterocycles. The third-order valence-electron chi connectivity index (χ3n) is 13.6. The van der Waals surface area contributed by atoms with Crippen LogP contribution in [0, 0.1) is 6.92 Å². The molecule has 0 aliphatic carbocycles. The molecular formula is C59H96O13. The number of rotatable bonds is 45. The Morgan fingerprint density at radius 1 is 0.528 bits per heavy atom. The van der Waals surface area contributed by atoms with Crippen LogP contribution in [-0.4, -0.2) is 69.4 Å². The van der Waals surface area contributed by atoms with Gasteiger partial charge in [-0.3, -0.25) is 24.0 Å². The number of esters is 6. The van der Waals surface area contributed by atoms with Crippen molar-refractivity contribution in [1.82, 2.24) is 0 Å². The van der Waals surface area contributed by atoms with E-state index in [4.69, 9.17) is 33.2 Å². The first-order valence-electron chi connectivity index (χ1n) is 28.3. The SMILES string of the molecule is CCCCCCCCCCCCCCCC(=O)OCC(COC(=O)CCCCCCCCCCCCCCC)OC(=O)CCCCC(=O)Oc1c(C/C=C(\C)CCC(=O)OC)c(OC)c(C)c2c1C(=O)OC2. The molecule has 13 heteroatoms. The smallest absolute Gasteiger partial charge is 0.342 e. The van der Waals surface area contributed by atoms with Gasteiger partial charge in [0.25, 0.3) is 0 Å². The molecule has 1 aliphatic heterocycles. The zero-order valence-corrected chi connectivity index (χ0v) is 45.8. The number of fused-ring (bicyclic) bond motifs is 1. The largest absolute Gasteiger partial charge is 0.496 e. The quantitative estimate of drug-likeness (QED) is 0.0199. The maximum atomic E-state index is 13.3. The topological polar surface area (TPSA) is 167 Å². The normalized spacial score (nSPS) is 12.2. The predicted molar refractivity (Wildman–Crippen MR) is 282 cm³/mol. The van der Waals surface area contributed by atoms with Crippen LogP contribution >= 0.6 is 0 Å². The van der Waals surface area contributed by atoms with E-state index in [1.54, 1.807) is 0 Å². The number of allylic oxidation sites excluding steroid dienone is 2. The number of cyclic esters (lactones) is 1. The van der Waals surface area contributed by atoms with Crippen molar-refractivity contribution in [3.05, 3.63) is 33.9 Å². The predicted octanol–water partition coefficient (Wildman–Crippen LogP) is 14.5. The minimum atomic E-state index is -0.969. The summed E-state index contributed by atoms with van der Waals surface area (Å²) in [5.74, 6) is -2.32. The molecule has 0 spiro atoms. The fraction of sp³-hybridized carbons (Fsp3) is 0.763. The summed E-state index contributed by atoms with van der Waals surface area (Å²) in [6, 6.07) is 0. The highest BCUT2D eigenvalue weighted by molar-refractivity contribution is 5.99. The lowest BCUT2D eigenvalue weighted by Crippen LogP contribution is -2.30. The molecule has 0 radical (unpaired) electrons. The maximum absolute atomic E-state index is 13.3. The summed E-state index contributed by atoms with van der Waals surface area (Å²) < 4.78 is 38.5. The molecule has 1 aromatic carbocycles. The van der Waals surface area contributed by atoms with E-state index >= 15 is 0 Å². The molecule has 0 aromatic heterocycles. The summed E-state index contributed by atoms with van der Waals surface area (Å²) in [6.45, 7) is 7.76. The molecule has 1 aliphatic rings. The highest BCUT2D eigenvalue weighted by atomic mass is 16.6. The average Bonchev–Trinajstić information content (AvgIpc) is 3.77. The number of carbonyl (C=O) groups is 6. The summed E-state index contributed by atoms with van der Waals surface area (Å²) >= 11 is 0. The minimum absolute atomic E-state index is 0.0235. The van der Waals surface area contributed by atoms with Crippen LogP contribution in [0.15, 0.2) is 11.6 Å². The fourth-order valence-corrected chi connectivity index (χ4v) is 9.06. The van der Waals surface area contributed by atoms with Crippen LogP contribution in [0.4, 0.5) is 0 Å². The number of ether oxygens (including phenoxy) is 7. The Balaban J connectivity index is 1.89. The third-order valence-corrected chi connectivity index (χ3v) is 13.6. The van der Waals surface area contributed by atoms with Crippen molar-refractivity contribution >= 4 is 35.8 Å². The average molecular weight is 1010 g/mol. The summed E-state index contributed by atoms with van der Waals surface area (Å²) in [5.41, 5.74) is 2.88. The highest BCUT2D eigenvalue weighted by Crippen LogP contribution is 2.43. The van der Waals surface area contributed by atoms with Gasteiger partial charge in [-0.05, 0) is 57.9 Å². The van der Waals surface area contributed by atoms with E-state index in [1.807, 2.05) is 19.9 Å². The lowest BCUT2D eigenvalue weighted by molar-refractivity contribution is -0.167. The summed E-state index contributed by atoms with van der Waals surface area (Å²) in [6.07, 6.45) is 34.2. The number of hydrogen-bond donors (Lipinski definition) is 0. The van der Waals surface area contributed by atoms with Gasteiger partial charge in [0.2, 0.25) is 0 Å². The van der Waals surface area contributed by atoms with E-state index in [0.717, 1.165) is 56.9 Å². The van der Waals surface area contributed by atoms with Gasteiger partial charge in [0.05, 0.1) is 14.2 Å². The van der Waals surface area contributed by atoms with Gasteiger partial charge in [-0.15, -0.1) is 0 Å². The Labute approximate surface area is 434 Å². The molecular weight excluding hydrogens is 917 g/mol. The summed E-state index contributed by atoms with van der Waals surface area (Å²) in [5, 5.41) is 0. The van der Waals surface area contributed by atoms with Gasteiger partial charge >= 0.3 is 35.8 Å². The molecule has 13 nitrogen and oxygen atoms in total. The molecule has 0 atom stereocenters. The summed E-state index contributed by atoms with van der Waals surface area (Å²) in [4.78, 5) is 76.6. The maximum Gasteiger partial charge on any atom is 0.342 e. The van der Waals surface area contributed by atoms with Crippen LogP contribution in [-0.2, 0) is 60.7 Å². The molecule has 0 bridgehead atoms. The molecule has 0 fully saturated rings. The molecule has 0 saturated carbocycles. The molecule has 0 amide bonds. The van der Waals surface area contributed by atoms with Gasteiger partial charge in [-0.2, -0.15) is 0 Å². The Morgan fingerprint density at radius 3 is 1.39 bits per heavy atom. The lowest BCUT2D eigenvalue weighted by atomic mass is 9.94. The van der Waals surface area contributed by atoms with Gasteiger partial charge in [-0.25, -0.2) is 4.79 Å². The van der Waals surface area contributed by atoms with Gasteiger partial charge in [0.1, 0.15) is 31.1 Å². The number of hydrogen-bond acceptors (Lipinski definition) is 13. The zero-order valence-electron chi connectivity index (χ0n) is 45.8. The monoisotopic (exact) mass is 1010 g/mol. The van der Waals surface area contributed by atoms with Crippen LogP contribution in [0.5, 0.6) is 11.5 Å². The van der Waals surface area contributed by atoms with Gasteiger partial charge in [0.15, 0.2) is 11.9 Å². The van der Waals surface area contributed by atoms with Crippen LogP contribution in [0.25, 0.3) is 0 Å². The molecule has 2 rings (SSSR count). The van der Waals surface area contributed by atoms with Crippen molar-refractivity contribution in [2.45, 2.75) is 265 Å². The fourth-order valence-electron chi connectivity index (χ4n) is 9.06. The Kier molecular flexibility index (Phi) is 36.3. The number of methoxy groups -OCH3 is 2. The molecule has 410 valence electrons. The molecule has 0 N–H and O–H groups in total. The van der Waals surface area contributed by atoms with Crippen LogP contribution in [0.2, 0.25) is 0 Å². The molecule has 72 heavy (non-hydrogen) atoms. The third kappa shape index (κ3) is 28.7. The van der Waals surface area contributed by atoms with E-state index in [0.29, 0.717) is 28.9 Å². The van der Waals surface area contributed by atoms with Crippen molar-refractivity contribution in [2.24, 2.45) is 0 Å². The molecule has 0 unspecified atom stereocenters. The van der Waals surface area contributed by atoms with Crippen LogP contribution in [0.1, 0.15) is 266 Å². The zero-order chi connectivity index (χ0) is 52.6. The van der Waals surface area contributed by atoms with Crippen LogP contribution < -0.4 is 9.47 Å². The molecule has 1 heterocycles. The second-order valence-corrected chi connectivity index (χ2v) is 19.9. The second-order valence-electron chi connectivity index (χ2n) is 19.9. The Bertz CT molecular complexity index is 1700. The lowest BCUT2D eigenvalue weighted by Gasteiger charge is -2.19. The summed E-state index contributed by atoms with van der Waals surface area (Å²) in [7, 11) is 2.85. The van der Waals surface area contributed by atoms with E-state index in [2.05, 4.69) is 13.8 Å². The van der Waals surface area contributed by atoms with Crippen molar-refractivity contribution < 1.29 is 61.9 Å². The van der Waals surface area contributed by atoms with Crippen molar-refractivity contribution in [2.75, 3.05) is 27.4 Å². The number of unbranched alkanes of at least 4 members (excludes halogenated alkanes) is 25. The van der Waals surface area contributed by atoms with Crippen molar-refractivity contribution in [3.63, 3.8) is 0 Å². The standard InChI is InChI=1S/C59H96O13/c1-7-9-11-13-15-17-19-21-23-25-27-29-31-35-52(61)68-43-48(44-69-53(62)36-32-30-28-26-24-22-20-18-16-14-12-10-8-2)71-54(63)37-33-34-38-55(64)72-58-49(41-39-46(3)40-42-51(60)66-5)57(67-6)47(4)50-45-70-59(65)56(50)58/h39,48H,7-38,40-45H2,1-6H3/b46-39+. The first-order valence-corrected chi connectivity index (χ1v) is 28.3. The Hall–Kier alpha value is -4.42. The second kappa shape index (κ2) is 41.0. The van der Waals surface area contributed by atoms with Crippen molar-refractivity contribution in [3.8, 4) is 11.5 Å². The van der Waals surface area contributed by atoms with E-state index in [-0.39, 0.29) is 100 Å². The van der Waals surface area contributed by atoms with E-state index in [9.17, 15) is 28.8 Å². The van der Waals surface area contributed by atoms with Crippen LogP contribution in [0.3, 0.4) is 0 Å². The molecule has 1 aromatic rings. The van der Waals surface area contributed by atoms with Gasteiger partial charge in [-0.1, -0.05) is 180 Å². The number of benzene rings is 1. The first-order chi connectivity index (χ1) is 34.9. The van der Waals surface area contributed by atoms with Gasteiger partial charge < -0.3 is 33.2 Å². The van der Waals surface area contributed by atoms with E-state index < -0.39 is 24.0 Å². The number of carbonyl (C=O) groups excluding carboxylic acids is 6. The minimum Gasteiger partial charge on any atom is -0.496 e. The van der Waals surface area contributed by atoms with Gasteiger partial charge in [0, 0.05) is 43.2 Å². The van der Waals surface area contributed by atoms with Crippen molar-refractivity contribution in [1.29, 1.82) is 0 Å². The highest BCUT2D eigenvalue weighted by Gasteiger charge is 2.34. The first kappa shape index (κ1) is 63.7. The Morgan fingerprint density at radius 2 is 0.944 bits per heavy atom.